The second-order valence-electron chi connectivity index (χ2n) is 6.09. The van der Waals surface area contributed by atoms with Gasteiger partial charge in [0.05, 0.1) is 11.5 Å². The number of amides is 1. The zero-order valence-electron chi connectivity index (χ0n) is 15.5. The molecule has 29 heavy (non-hydrogen) atoms. The van der Waals surface area contributed by atoms with Crippen LogP contribution < -0.4 is 10.0 Å². The molecule has 0 aliphatic rings. The van der Waals surface area contributed by atoms with Crippen LogP contribution in [0.4, 0.5) is 0 Å². The zero-order valence-corrected chi connectivity index (χ0v) is 17.9. The molecular formula is C19H21BrN2O6S. The minimum Gasteiger partial charge on any atom is -0.451 e. The number of aliphatic hydroxyl groups excluding tert-OH is 1. The summed E-state index contributed by atoms with van der Waals surface area (Å²) in [6.45, 7) is 0.782. The Bertz CT molecular complexity index is 935. The van der Waals surface area contributed by atoms with Crippen LogP contribution in [0.25, 0.3) is 0 Å². The number of hydrogen-bond acceptors (Lipinski definition) is 6. The fourth-order valence-corrected chi connectivity index (χ4v) is 3.71. The molecule has 2 unspecified atom stereocenters. The van der Waals surface area contributed by atoms with Gasteiger partial charge >= 0.3 is 5.97 Å². The van der Waals surface area contributed by atoms with Gasteiger partial charge in [0.2, 0.25) is 10.0 Å². The molecule has 0 aliphatic carbocycles. The SMILES string of the molecule is CC(OC(=O)C(CO)NS(=O)(=O)c1ccc(Br)cc1)C(=O)NCc1ccccc1. The number of benzene rings is 2. The molecule has 0 aliphatic heterocycles. The molecule has 10 heteroatoms. The number of halogens is 1. The van der Waals surface area contributed by atoms with Crippen LogP contribution in [-0.4, -0.2) is 44.2 Å². The number of carbonyl (C=O) groups excluding carboxylic acids is 2. The van der Waals surface area contributed by atoms with Crippen LogP contribution in [0.5, 0.6) is 0 Å². The van der Waals surface area contributed by atoms with E-state index in [0.29, 0.717) is 4.47 Å². The summed E-state index contributed by atoms with van der Waals surface area (Å²) < 4.78 is 32.5. The third kappa shape index (κ3) is 6.93. The first-order valence-electron chi connectivity index (χ1n) is 8.64. The van der Waals surface area contributed by atoms with Gasteiger partial charge in [-0.1, -0.05) is 46.3 Å². The van der Waals surface area contributed by atoms with Crippen LogP contribution in [0.3, 0.4) is 0 Å². The average molecular weight is 485 g/mol. The maximum Gasteiger partial charge on any atom is 0.327 e. The summed E-state index contributed by atoms with van der Waals surface area (Å²) in [7, 11) is -4.07. The van der Waals surface area contributed by atoms with Crippen molar-refractivity contribution in [1.82, 2.24) is 10.0 Å². The summed E-state index contributed by atoms with van der Waals surface area (Å²) in [6.07, 6.45) is -1.17. The first-order chi connectivity index (χ1) is 13.7. The molecule has 0 aromatic heterocycles. The summed E-state index contributed by atoms with van der Waals surface area (Å²) >= 11 is 3.20. The van der Waals surface area contributed by atoms with E-state index >= 15 is 0 Å². The Balaban J connectivity index is 1.94. The molecule has 0 radical (unpaired) electrons. The highest BCUT2D eigenvalue weighted by Crippen LogP contribution is 2.15. The summed E-state index contributed by atoms with van der Waals surface area (Å²) in [5.41, 5.74) is 0.870. The van der Waals surface area contributed by atoms with E-state index < -0.39 is 40.7 Å². The third-order valence-electron chi connectivity index (χ3n) is 3.86. The van der Waals surface area contributed by atoms with E-state index in [-0.39, 0.29) is 11.4 Å². The molecule has 0 saturated heterocycles. The lowest BCUT2D eigenvalue weighted by Crippen LogP contribution is -2.46. The van der Waals surface area contributed by atoms with E-state index in [2.05, 4.69) is 26.0 Å². The number of carbonyl (C=O) groups is 2. The summed E-state index contributed by atoms with van der Waals surface area (Å²) in [5, 5.41) is 12.0. The normalized spacial score (nSPS) is 13.3. The molecule has 0 spiro atoms. The van der Waals surface area contributed by atoms with Gasteiger partial charge in [-0.3, -0.25) is 9.59 Å². The lowest BCUT2D eigenvalue weighted by Gasteiger charge is -2.19. The third-order valence-corrected chi connectivity index (χ3v) is 5.88. The van der Waals surface area contributed by atoms with Crippen molar-refractivity contribution in [1.29, 1.82) is 0 Å². The van der Waals surface area contributed by atoms with Crippen LogP contribution >= 0.6 is 15.9 Å². The standard InChI is InChI=1S/C19H21BrN2O6S/c1-13(18(24)21-11-14-5-3-2-4-6-14)28-19(25)17(12-23)22-29(26,27)16-9-7-15(20)8-10-16/h2-10,13,17,22-23H,11-12H2,1H3,(H,21,24). The van der Waals surface area contributed by atoms with Gasteiger partial charge in [0.1, 0.15) is 6.04 Å². The lowest BCUT2D eigenvalue weighted by molar-refractivity contribution is -0.157. The lowest BCUT2D eigenvalue weighted by atomic mass is 10.2. The molecule has 2 aromatic rings. The smallest absolute Gasteiger partial charge is 0.327 e. The van der Waals surface area contributed by atoms with Crippen LogP contribution in [-0.2, 0) is 30.9 Å². The van der Waals surface area contributed by atoms with Crippen molar-refractivity contribution in [2.45, 2.75) is 30.5 Å². The van der Waals surface area contributed by atoms with Gasteiger partial charge in [-0.25, -0.2) is 8.42 Å². The van der Waals surface area contributed by atoms with Gasteiger partial charge in [0.25, 0.3) is 5.91 Å². The first-order valence-corrected chi connectivity index (χ1v) is 10.9. The van der Waals surface area contributed by atoms with Crippen LogP contribution in [0.2, 0.25) is 0 Å². The maximum absolute atomic E-state index is 12.4. The van der Waals surface area contributed by atoms with E-state index in [9.17, 15) is 23.1 Å². The van der Waals surface area contributed by atoms with Crippen molar-refractivity contribution in [2.24, 2.45) is 0 Å². The Morgan fingerprint density at radius 3 is 2.31 bits per heavy atom. The monoisotopic (exact) mass is 484 g/mol. The number of hydrogen-bond donors (Lipinski definition) is 3. The first kappa shape index (κ1) is 23.0. The summed E-state index contributed by atoms with van der Waals surface area (Å²) in [4.78, 5) is 24.3. The van der Waals surface area contributed by atoms with Crippen LogP contribution in [0.1, 0.15) is 12.5 Å². The van der Waals surface area contributed by atoms with E-state index in [1.165, 1.54) is 31.2 Å². The van der Waals surface area contributed by atoms with Crippen molar-refractivity contribution in [3.8, 4) is 0 Å². The molecule has 0 fully saturated rings. The van der Waals surface area contributed by atoms with Gasteiger partial charge in [-0.05, 0) is 36.8 Å². The molecule has 2 rings (SSSR count). The number of sulfonamides is 1. The van der Waals surface area contributed by atoms with E-state index in [4.69, 9.17) is 4.74 Å². The van der Waals surface area contributed by atoms with Crippen molar-refractivity contribution in [3.05, 3.63) is 64.6 Å². The topological polar surface area (TPSA) is 122 Å². The Morgan fingerprint density at radius 1 is 1.10 bits per heavy atom. The molecule has 156 valence electrons. The number of ether oxygens (including phenoxy) is 1. The Hall–Kier alpha value is -2.27. The Labute approximate surface area is 177 Å². The van der Waals surface area contributed by atoms with Gasteiger partial charge in [-0.2, -0.15) is 4.72 Å². The predicted molar refractivity (Wildman–Crippen MR) is 109 cm³/mol. The predicted octanol–water partition coefficient (Wildman–Crippen LogP) is 1.34. The maximum atomic E-state index is 12.4. The van der Waals surface area contributed by atoms with Gasteiger partial charge in [0.15, 0.2) is 6.10 Å². The van der Waals surface area contributed by atoms with Gasteiger partial charge in [-0.15, -0.1) is 0 Å². The Kier molecular flexibility index (Phi) is 8.32. The number of aliphatic hydroxyl groups is 1. The molecule has 2 atom stereocenters. The molecule has 1 amide bonds. The van der Waals surface area contributed by atoms with Crippen LogP contribution in [0, 0.1) is 0 Å². The van der Waals surface area contributed by atoms with Crippen LogP contribution in [0.15, 0.2) is 64.0 Å². The molecule has 8 nitrogen and oxygen atoms in total. The van der Waals surface area contributed by atoms with Gasteiger partial charge < -0.3 is 15.2 Å². The molecule has 2 aromatic carbocycles. The van der Waals surface area contributed by atoms with E-state index in [0.717, 1.165) is 5.56 Å². The highest BCUT2D eigenvalue weighted by atomic mass is 79.9. The quantitative estimate of drug-likeness (QED) is 0.461. The summed E-state index contributed by atoms with van der Waals surface area (Å²) in [6, 6.07) is 13.3. The van der Waals surface area contributed by atoms with Gasteiger partial charge in [0, 0.05) is 11.0 Å². The molecule has 3 N–H and O–H groups in total. The molecule has 0 saturated carbocycles. The second kappa shape index (κ2) is 10.5. The molecule has 0 heterocycles. The van der Waals surface area contributed by atoms with Crippen molar-refractivity contribution < 1.29 is 27.9 Å². The number of esters is 1. The fourth-order valence-electron chi connectivity index (χ4n) is 2.27. The second-order valence-corrected chi connectivity index (χ2v) is 8.72. The molecule has 0 bridgehead atoms. The zero-order chi connectivity index (χ0) is 21.4. The summed E-state index contributed by atoms with van der Waals surface area (Å²) in [5.74, 6) is -1.61. The Morgan fingerprint density at radius 2 is 1.72 bits per heavy atom. The minimum atomic E-state index is -4.07. The number of nitrogens with one attached hydrogen (secondary N) is 2. The average Bonchev–Trinajstić information content (AvgIpc) is 2.71. The number of rotatable bonds is 9. The largest absolute Gasteiger partial charge is 0.451 e. The van der Waals surface area contributed by atoms with Crippen molar-refractivity contribution in [3.63, 3.8) is 0 Å². The molecular weight excluding hydrogens is 464 g/mol. The van der Waals surface area contributed by atoms with Crippen molar-refractivity contribution >= 4 is 37.8 Å². The van der Waals surface area contributed by atoms with E-state index in [1.807, 2.05) is 30.3 Å². The highest BCUT2D eigenvalue weighted by molar-refractivity contribution is 9.10. The van der Waals surface area contributed by atoms with Crippen molar-refractivity contribution in [2.75, 3.05) is 6.61 Å². The van der Waals surface area contributed by atoms with E-state index in [1.54, 1.807) is 0 Å². The minimum absolute atomic E-state index is 0.0828. The fraction of sp³-hybridized carbons (Fsp3) is 0.263. The highest BCUT2D eigenvalue weighted by Gasteiger charge is 2.29.